The fourth-order valence-electron chi connectivity index (χ4n) is 4.79. The van der Waals surface area contributed by atoms with Crippen molar-refractivity contribution in [2.24, 2.45) is 0 Å². The van der Waals surface area contributed by atoms with Crippen LogP contribution in [0.15, 0.2) is 24.4 Å². The first-order chi connectivity index (χ1) is 18.9. The molecule has 6 N–H and O–H groups in total. The molecular weight excluding hydrogens is 506 g/mol. The van der Waals surface area contributed by atoms with Crippen molar-refractivity contribution in [1.29, 1.82) is 0 Å². The van der Waals surface area contributed by atoms with Crippen LogP contribution in [-0.4, -0.2) is 86.3 Å². The largest absolute Gasteiger partial charge is 0.496 e. The summed E-state index contributed by atoms with van der Waals surface area (Å²) in [6.45, 7) is 3.93. The average Bonchev–Trinajstić information content (AvgIpc) is 3.31. The van der Waals surface area contributed by atoms with Crippen molar-refractivity contribution in [2.45, 2.75) is 63.9 Å². The number of aromatic nitrogens is 4. The summed E-state index contributed by atoms with van der Waals surface area (Å²) in [5.41, 5.74) is 2.99. The first-order valence-electron chi connectivity index (χ1n) is 13.2. The second-order valence-corrected chi connectivity index (χ2v) is 9.57. The number of benzene rings is 1. The Morgan fingerprint density at radius 3 is 2.87 bits per heavy atom. The fourth-order valence-corrected chi connectivity index (χ4v) is 4.79. The number of carbonyl (C=O) groups is 1. The van der Waals surface area contributed by atoms with Crippen molar-refractivity contribution < 1.29 is 29.6 Å². The number of aliphatic hydroxyl groups excluding tert-OH is 2. The van der Waals surface area contributed by atoms with E-state index in [-0.39, 0.29) is 24.6 Å². The van der Waals surface area contributed by atoms with Crippen molar-refractivity contribution in [3.8, 4) is 5.75 Å². The summed E-state index contributed by atoms with van der Waals surface area (Å²) in [5, 5.41) is 42.5. The third-order valence-electron chi connectivity index (χ3n) is 6.72. The van der Waals surface area contributed by atoms with Crippen molar-refractivity contribution >= 4 is 28.9 Å². The molecule has 212 valence electrons. The van der Waals surface area contributed by atoms with E-state index in [0.717, 1.165) is 30.4 Å². The number of nitrogens with one attached hydrogen (secondary N) is 3. The molecule has 3 heterocycles. The van der Waals surface area contributed by atoms with Crippen molar-refractivity contribution in [3.05, 3.63) is 35.5 Å². The lowest BCUT2D eigenvalue weighted by Crippen LogP contribution is -2.46. The number of methoxy groups -OCH3 is 1. The van der Waals surface area contributed by atoms with Crippen LogP contribution in [0.2, 0.25) is 0 Å². The summed E-state index contributed by atoms with van der Waals surface area (Å²) in [6, 6.07) is 5.82. The third-order valence-corrected chi connectivity index (χ3v) is 6.72. The molecule has 13 nitrogen and oxygen atoms in total. The lowest BCUT2D eigenvalue weighted by atomic mass is 10.0. The maximum absolute atomic E-state index is 11.3. The lowest BCUT2D eigenvalue weighted by molar-refractivity contribution is -0.0280. The Balaban J connectivity index is 1.64. The molecule has 4 rings (SSSR count). The van der Waals surface area contributed by atoms with Gasteiger partial charge in [-0.25, -0.2) is 9.78 Å². The van der Waals surface area contributed by atoms with Crippen LogP contribution in [0.1, 0.15) is 43.7 Å². The number of hydrogen-bond acceptors (Lipinski definition) is 10. The second-order valence-electron chi connectivity index (χ2n) is 9.57. The number of carboxylic acid groups (broad SMARTS) is 1. The molecule has 3 aromatic rings. The number of fused-ring (bicyclic) bond motifs is 1. The fraction of sp³-hybridized carbons (Fsp3) is 0.538. The van der Waals surface area contributed by atoms with Gasteiger partial charge < -0.3 is 35.4 Å². The molecule has 1 fully saturated rings. The molecule has 1 saturated heterocycles. The van der Waals surface area contributed by atoms with E-state index >= 15 is 0 Å². The maximum atomic E-state index is 11.3. The van der Waals surface area contributed by atoms with Crippen LogP contribution in [0, 0.1) is 0 Å². The van der Waals surface area contributed by atoms with Gasteiger partial charge in [0.2, 0.25) is 5.95 Å². The number of ether oxygens (including phenoxy) is 2. The van der Waals surface area contributed by atoms with Crippen LogP contribution in [0.3, 0.4) is 0 Å². The van der Waals surface area contributed by atoms with Crippen LogP contribution in [-0.2, 0) is 17.8 Å². The van der Waals surface area contributed by atoms with E-state index in [1.54, 1.807) is 18.0 Å². The monoisotopic (exact) mass is 543 g/mol. The van der Waals surface area contributed by atoms with Crippen molar-refractivity contribution in [1.82, 2.24) is 25.1 Å². The molecule has 0 bridgehead atoms. The Labute approximate surface area is 226 Å². The van der Waals surface area contributed by atoms with E-state index in [9.17, 15) is 20.1 Å². The molecule has 0 radical (unpaired) electrons. The molecule has 0 aliphatic carbocycles. The van der Waals surface area contributed by atoms with E-state index in [1.807, 2.05) is 18.2 Å². The van der Waals surface area contributed by atoms with E-state index in [4.69, 9.17) is 9.47 Å². The van der Waals surface area contributed by atoms with Gasteiger partial charge in [-0.3, -0.25) is 10.00 Å². The number of nitrogens with zero attached hydrogens (tertiary/aromatic N) is 4. The smallest absolute Gasteiger partial charge is 0.411 e. The number of rotatable bonds is 13. The Bertz CT molecular complexity index is 1250. The number of anilines is 2. The first-order valence-corrected chi connectivity index (χ1v) is 13.2. The zero-order chi connectivity index (χ0) is 27.8. The highest BCUT2D eigenvalue weighted by atomic mass is 16.5. The summed E-state index contributed by atoms with van der Waals surface area (Å²) in [6.07, 6.45) is 2.71. The molecule has 39 heavy (non-hydrogen) atoms. The first kappa shape index (κ1) is 28.5. The summed E-state index contributed by atoms with van der Waals surface area (Å²) in [5.74, 6) is 1.06. The molecule has 1 unspecified atom stereocenters. The molecule has 1 aromatic carbocycles. The summed E-state index contributed by atoms with van der Waals surface area (Å²) >= 11 is 0. The van der Waals surface area contributed by atoms with E-state index in [0.29, 0.717) is 55.3 Å². The van der Waals surface area contributed by atoms with Gasteiger partial charge in [0.15, 0.2) is 5.82 Å². The minimum atomic E-state index is -1.27. The molecule has 1 aliphatic heterocycles. The van der Waals surface area contributed by atoms with Gasteiger partial charge in [0.05, 0.1) is 32.6 Å². The molecule has 1 amide bonds. The highest BCUT2D eigenvalue weighted by Crippen LogP contribution is 2.27. The highest BCUT2D eigenvalue weighted by molar-refractivity contribution is 5.89. The van der Waals surface area contributed by atoms with Crippen LogP contribution in [0.25, 0.3) is 11.0 Å². The topological polar surface area (TPSA) is 176 Å². The Morgan fingerprint density at radius 1 is 1.31 bits per heavy atom. The van der Waals surface area contributed by atoms with E-state index in [2.05, 4.69) is 37.9 Å². The van der Waals surface area contributed by atoms with Crippen LogP contribution in [0.5, 0.6) is 5.75 Å². The lowest BCUT2D eigenvalue weighted by Gasteiger charge is -2.28. The number of amides is 1. The Hall–Kier alpha value is -3.52. The molecule has 0 spiro atoms. The van der Waals surface area contributed by atoms with Gasteiger partial charge in [-0.15, -0.1) is 0 Å². The number of aliphatic hydroxyl groups is 2. The maximum Gasteiger partial charge on any atom is 0.411 e. The molecule has 1 aliphatic rings. The molecular formula is C26H37N7O6. The zero-order valence-corrected chi connectivity index (χ0v) is 22.3. The van der Waals surface area contributed by atoms with Gasteiger partial charge >= 0.3 is 6.09 Å². The van der Waals surface area contributed by atoms with Crippen LogP contribution < -0.4 is 20.7 Å². The summed E-state index contributed by atoms with van der Waals surface area (Å²) in [7, 11) is 1.61. The quantitative estimate of drug-likeness (QED) is 0.186. The SMILES string of the molecule is CCCC(CCO)Nc1nc(NC(=O)O)nc2cnn(Cc3cc(CN[C@H]4CCOC[C@H]4O)ccc3OC)c12. The van der Waals surface area contributed by atoms with Gasteiger partial charge in [0, 0.05) is 37.4 Å². The predicted molar refractivity (Wildman–Crippen MR) is 145 cm³/mol. The van der Waals surface area contributed by atoms with E-state index in [1.165, 1.54) is 0 Å². The van der Waals surface area contributed by atoms with Crippen LogP contribution >= 0.6 is 0 Å². The summed E-state index contributed by atoms with van der Waals surface area (Å²) < 4.78 is 12.7. The Kier molecular flexibility index (Phi) is 9.87. The van der Waals surface area contributed by atoms with Crippen LogP contribution in [0.4, 0.5) is 16.6 Å². The minimum absolute atomic E-state index is 0.00826. The van der Waals surface area contributed by atoms with Crippen molar-refractivity contribution in [2.75, 3.05) is 37.6 Å². The van der Waals surface area contributed by atoms with Gasteiger partial charge in [-0.1, -0.05) is 19.4 Å². The molecule has 0 saturated carbocycles. The van der Waals surface area contributed by atoms with Gasteiger partial charge in [0.25, 0.3) is 0 Å². The minimum Gasteiger partial charge on any atom is -0.496 e. The standard InChI is InChI=1S/C26H37N7O6/c1-3-4-18(7-9-34)29-24-23-20(30-25(31-24)32-26(36)37)13-28-33(23)14-17-11-16(5-6-22(17)38-2)12-27-19-8-10-39-15-21(19)35/h5-6,11,13,18-19,21,27,34-35H,3-4,7-10,12,14-15H2,1-2H3,(H,36,37)(H2,29,30,31,32)/t18?,19-,21+/m0/s1. The summed E-state index contributed by atoms with van der Waals surface area (Å²) in [4.78, 5) is 20.0. The average molecular weight is 544 g/mol. The molecule has 13 heteroatoms. The zero-order valence-electron chi connectivity index (χ0n) is 22.3. The normalized spacial score (nSPS) is 18.2. The Morgan fingerprint density at radius 2 is 2.15 bits per heavy atom. The van der Waals surface area contributed by atoms with Crippen molar-refractivity contribution in [3.63, 3.8) is 0 Å². The highest BCUT2D eigenvalue weighted by Gasteiger charge is 2.23. The van der Waals surface area contributed by atoms with Gasteiger partial charge in [-0.05, 0) is 37.0 Å². The van der Waals surface area contributed by atoms with Gasteiger partial charge in [0.1, 0.15) is 16.8 Å². The molecule has 3 atom stereocenters. The molecule has 2 aromatic heterocycles. The number of hydrogen-bond donors (Lipinski definition) is 6. The van der Waals surface area contributed by atoms with E-state index < -0.39 is 12.2 Å². The second kappa shape index (κ2) is 13.5. The third kappa shape index (κ3) is 7.32. The van der Waals surface area contributed by atoms with Gasteiger partial charge in [-0.2, -0.15) is 10.1 Å². The predicted octanol–water partition coefficient (Wildman–Crippen LogP) is 2.18.